The van der Waals surface area contributed by atoms with Crippen LogP contribution < -0.4 is 10.5 Å². The van der Waals surface area contributed by atoms with Gasteiger partial charge in [-0.3, -0.25) is 10.1 Å². The third-order valence-electron chi connectivity index (χ3n) is 5.27. The molecular weight excluding hydrogens is 497 g/mol. The predicted molar refractivity (Wildman–Crippen MR) is 128 cm³/mol. The summed E-state index contributed by atoms with van der Waals surface area (Å²) in [5, 5.41) is 7.66. The largest absolute Gasteiger partial charge is 0.450 e. The van der Waals surface area contributed by atoms with Gasteiger partial charge in [-0.05, 0) is 54.8 Å². The summed E-state index contributed by atoms with van der Waals surface area (Å²) in [7, 11) is -3.90. The van der Waals surface area contributed by atoms with Gasteiger partial charge in [-0.2, -0.15) is 13.2 Å². The van der Waals surface area contributed by atoms with Crippen LogP contribution in [0.5, 0.6) is 0 Å². The molecule has 3 N–H and O–H groups in total. The molecule has 0 saturated heterocycles. The summed E-state index contributed by atoms with van der Waals surface area (Å²) in [5.74, 6) is -0.361. The number of benzene rings is 3. The Morgan fingerprint density at radius 1 is 1.03 bits per heavy atom. The van der Waals surface area contributed by atoms with Gasteiger partial charge in [-0.1, -0.05) is 36.4 Å². The van der Waals surface area contributed by atoms with Gasteiger partial charge in [0.15, 0.2) is 5.78 Å². The third-order valence-corrected chi connectivity index (χ3v) is 6.34. The van der Waals surface area contributed by atoms with Crippen LogP contribution in [-0.2, 0) is 27.4 Å². The lowest BCUT2D eigenvalue weighted by atomic mass is 9.96. The highest BCUT2D eigenvalue weighted by Gasteiger charge is 2.30. The van der Waals surface area contributed by atoms with Crippen LogP contribution in [0.2, 0.25) is 0 Å². The Morgan fingerprint density at radius 3 is 2.36 bits per heavy atom. The van der Waals surface area contributed by atoms with Gasteiger partial charge < -0.3 is 4.74 Å². The number of amides is 1. The van der Waals surface area contributed by atoms with E-state index in [1.807, 2.05) is 0 Å². The second kappa shape index (κ2) is 10.5. The van der Waals surface area contributed by atoms with E-state index in [1.165, 1.54) is 48.5 Å². The minimum atomic E-state index is -4.56. The van der Waals surface area contributed by atoms with Gasteiger partial charge in [0.2, 0.25) is 10.0 Å². The highest BCUT2D eigenvalue weighted by molar-refractivity contribution is 7.89. The molecule has 190 valence electrons. The van der Waals surface area contributed by atoms with Gasteiger partial charge in [0.25, 0.3) is 0 Å². The maximum absolute atomic E-state index is 13.2. The zero-order valence-electron chi connectivity index (χ0n) is 19.3. The first-order chi connectivity index (χ1) is 16.8. The highest BCUT2D eigenvalue weighted by atomic mass is 32.2. The summed E-state index contributed by atoms with van der Waals surface area (Å²) >= 11 is 0. The first kappa shape index (κ1) is 26.9. The zero-order valence-corrected chi connectivity index (χ0v) is 20.2. The van der Waals surface area contributed by atoms with Crippen molar-refractivity contribution < 1.29 is 35.9 Å². The maximum Gasteiger partial charge on any atom is 0.416 e. The smallest absolute Gasteiger partial charge is 0.416 e. The molecule has 0 aliphatic rings. The van der Waals surface area contributed by atoms with E-state index in [2.05, 4.69) is 5.32 Å². The fraction of sp³-hybridized carbons (Fsp3) is 0.200. The minimum Gasteiger partial charge on any atom is -0.450 e. The number of alkyl halides is 3. The highest BCUT2D eigenvalue weighted by Crippen LogP contribution is 2.35. The number of sulfonamides is 1. The molecule has 0 saturated carbocycles. The molecule has 0 aromatic heterocycles. The van der Waals surface area contributed by atoms with Crippen LogP contribution in [0.4, 0.5) is 23.7 Å². The number of anilines is 1. The van der Waals surface area contributed by atoms with E-state index in [1.54, 1.807) is 13.8 Å². The summed E-state index contributed by atoms with van der Waals surface area (Å²) in [6.45, 7) is 3.21. The van der Waals surface area contributed by atoms with Crippen molar-refractivity contribution >= 4 is 27.6 Å². The second-order valence-electron chi connectivity index (χ2n) is 7.93. The molecular formula is C25H23F3N2O5S. The van der Waals surface area contributed by atoms with E-state index in [-0.39, 0.29) is 46.1 Å². The van der Waals surface area contributed by atoms with E-state index in [0.29, 0.717) is 11.1 Å². The molecule has 1 amide bonds. The van der Waals surface area contributed by atoms with Gasteiger partial charge in [-0.15, -0.1) is 0 Å². The molecule has 0 heterocycles. The summed E-state index contributed by atoms with van der Waals surface area (Å²) in [6.07, 6.45) is -5.48. The quantitative estimate of drug-likeness (QED) is 0.409. The van der Waals surface area contributed by atoms with Gasteiger partial charge in [0.1, 0.15) is 0 Å². The van der Waals surface area contributed by atoms with E-state index >= 15 is 0 Å². The number of Topliss-reactive ketones (excluding diaryl/α,β-unsaturated/α-hetero) is 1. The lowest BCUT2D eigenvalue weighted by Crippen LogP contribution is -2.15. The van der Waals surface area contributed by atoms with E-state index in [0.717, 1.165) is 12.1 Å². The predicted octanol–water partition coefficient (Wildman–Crippen LogP) is 5.32. The Balaban J connectivity index is 1.97. The third kappa shape index (κ3) is 6.49. The number of hydrogen-bond acceptors (Lipinski definition) is 5. The SMILES string of the molecule is CCOC(=O)Nc1cc(C(=O)Cc2ccc(S(N)(=O)=O)c(C)c2)ccc1-c1cccc(C(F)(F)F)c1. The van der Waals surface area contributed by atoms with Gasteiger partial charge in [0.05, 0.1) is 22.8 Å². The lowest BCUT2D eigenvalue weighted by molar-refractivity contribution is -0.137. The standard InChI is InChI=1S/C25H23F3N2O5S/c1-3-35-24(32)30-21-14-18(8-9-20(21)17-5-4-6-19(13-17)25(26,27)28)22(31)12-16-7-10-23(15(2)11-16)36(29,33)34/h4-11,13-14H,3,12H2,1-2H3,(H,30,32)(H2,29,33,34). The molecule has 0 radical (unpaired) electrons. The van der Waals surface area contributed by atoms with E-state index in [4.69, 9.17) is 9.88 Å². The molecule has 0 unspecified atom stereocenters. The number of rotatable bonds is 7. The van der Waals surface area contributed by atoms with Crippen molar-refractivity contribution in [3.8, 4) is 11.1 Å². The van der Waals surface area contributed by atoms with Crippen LogP contribution in [0, 0.1) is 6.92 Å². The Hall–Kier alpha value is -3.70. The molecule has 0 spiro atoms. The van der Waals surface area contributed by atoms with Crippen LogP contribution in [0.1, 0.15) is 34.0 Å². The average Bonchev–Trinajstić information content (AvgIpc) is 2.78. The molecule has 0 bridgehead atoms. The van der Waals surface area contributed by atoms with Crippen molar-refractivity contribution in [2.45, 2.75) is 31.3 Å². The average molecular weight is 521 g/mol. The normalized spacial score (nSPS) is 11.7. The number of halogens is 3. The number of nitrogens with two attached hydrogens (primary N) is 1. The number of nitrogens with one attached hydrogen (secondary N) is 1. The number of carbonyl (C=O) groups excluding carboxylic acids is 2. The molecule has 0 atom stereocenters. The monoisotopic (exact) mass is 520 g/mol. The molecule has 3 rings (SSSR count). The van der Waals surface area contributed by atoms with Gasteiger partial charge >= 0.3 is 12.3 Å². The number of ketones is 1. The van der Waals surface area contributed by atoms with Crippen LogP contribution in [0.15, 0.2) is 65.6 Å². The molecule has 7 nitrogen and oxygen atoms in total. The first-order valence-corrected chi connectivity index (χ1v) is 12.2. The Morgan fingerprint density at radius 2 is 1.75 bits per heavy atom. The maximum atomic E-state index is 13.2. The molecule has 3 aromatic carbocycles. The number of hydrogen-bond donors (Lipinski definition) is 2. The lowest BCUT2D eigenvalue weighted by Gasteiger charge is -2.15. The molecule has 0 aliphatic carbocycles. The second-order valence-corrected chi connectivity index (χ2v) is 9.46. The number of aryl methyl sites for hydroxylation is 1. The fourth-order valence-corrected chi connectivity index (χ4v) is 4.41. The first-order valence-electron chi connectivity index (χ1n) is 10.7. The Bertz CT molecular complexity index is 1420. The van der Waals surface area contributed by atoms with Crippen molar-refractivity contribution in [2.24, 2.45) is 5.14 Å². The van der Waals surface area contributed by atoms with Crippen molar-refractivity contribution in [3.05, 3.63) is 82.9 Å². The molecule has 0 aliphatic heterocycles. The van der Waals surface area contributed by atoms with Crippen LogP contribution >= 0.6 is 0 Å². The van der Waals surface area contributed by atoms with E-state index < -0.39 is 27.9 Å². The fourth-order valence-electron chi connectivity index (χ4n) is 3.64. The Kier molecular flexibility index (Phi) is 7.85. The molecule has 11 heteroatoms. The summed E-state index contributed by atoms with van der Waals surface area (Å²) in [4.78, 5) is 25.0. The summed E-state index contributed by atoms with van der Waals surface area (Å²) in [5.41, 5.74) is 0.786. The number of ether oxygens (including phenoxy) is 1. The zero-order chi connectivity index (χ0) is 26.7. The minimum absolute atomic E-state index is 0.0509. The van der Waals surface area contributed by atoms with Crippen molar-refractivity contribution in [1.29, 1.82) is 0 Å². The molecule has 3 aromatic rings. The van der Waals surface area contributed by atoms with Crippen LogP contribution in [0.3, 0.4) is 0 Å². The summed E-state index contributed by atoms with van der Waals surface area (Å²) < 4.78 is 67.8. The van der Waals surface area contributed by atoms with E-state index in [9.17, 15) is 31.2 Å². The van der Waals surface area contributed by atoms with Crippen LogP contribution in [-0.4, -0.2) is 26.9 Å². The number of carbonyl (C=O) groups is 2. The van der Waals surface area contributed by atoms with Gasteiger partial charge in [-0.25, -0.2) is 18.4 Å². The van der Waals surface area contributed by atoms with Crippen molar-refractivity contribution in [1.82, 2.24) is 0 Å². The van der Waals surface area contributed by atoms with Gasteiger partial charge in [0, 0.05) is 17.5 Å². The van der Waals surface area contributed by atoms with Crippen molar-refractivity contribution in [2.75, 3.05) is 11.9 Å². The van der Waals surface area contributed by atoms with Crippen molar-refractivity contribution in [3.63, 3.8) is 0 Å². The molecule has 36 heavy (non-hydrogen) atoms. The Labute approximate surface area is 206 Å². The molecule has 0 fully saturated rings. The number of primary sulfonamides is 1. The van der Waals surface area contributed by atoms with Crippen LogP contribution in [0.25, 0.3) is 11.1 Å². The summed E-state index contributed by atoms with van der Waals surface area (Å²) in [6, 6.07) is 13.2. The topological polar surface area (TPSA) is 116 Å².